The zero-order valence-electron chi connectivity index (χ0n) is 15.1. The molecule has 0 unspecified atom stereocenters. The number of halogens is 1. The molecule has 144 valence electrons. The van der Waals surface area contributed by atoms with Crippen molar-refractivity contribution in [3.8, 4) is 28.5 Å². The lowest BCUT2D eigenvalue weighted by atomic mass is 10.1. The first-order valence-electron chi connectivity index (χ1n) is 9.06. The number of rotatable bonds is 5. The summed E-state index contributed by atoms with van der Waals surface area (Å²) in [6.07, 6.45) is 0.852. The third-order valence-electron chi connectivity index (χ3n) is 4.28. The summed E-state index contributed by atoms with van der Waals surface area (Å²) in [5, 5.41) is 4.48. The molecule has 7 heteroatoms. The maximum Gasteiger partial charge on any atom is 0.266 e. The number of nitrogens with zero attached hydrogens (tertiary/aromatic N) is 2. The molecular formula is C21H19BrN2O4. The van der Waals surface area contributed by atoms with E-state index in [0.717, 1.165) is 28.0 Å². The van der Waals surface area contributed by atoms with E-state index in [2.05, 4.69) is 21.0 Å². The van der Waals surface area contributed by atoms with Crippen molar-refractivity contribution < 1.29 is 14.2 Å². The van der Waals surface area contributed by atoms with Crippen molar-refractivity contribution in [1.29, 1.82) is 0 Å². The summed E-state index contributed by atoms with van der Waals surface area (Å²) in [5.74, 6) is 2.17. The molecule has 0 saturated carbocycles. The summed E-state index contributed by atoms with van der Waals surface area (Å²) in [7, 11) is 0. The zero-order valence-corrected chi connectivity index (χ0v) is 16.7. The molecule has 0 atom stereocenters. The molecule has 0 fully saturated rings. The second kappa shape index (κ2) is 8.48. The SMILES string of the molecule is O=c1ccc(-c2ccc3c(c2)OCCCO3)nn1CCOc1cccc(Br)c1. The van der Waals surface area contributed by atoms with E-state index < -0.39 is 0 Å². The van der Waals surface area contributed by atoms with Crippen LogP contribution < -0.4 is 19.8 Å². The first-order valence-corrected chi connectivity index (χ1v) is 9.85. The predicted octanol–water partition coefficient (Wildman–Crippen LogP) is 3.91. The van der Waals surface area contributed by atoms with Crippen LogP contribution in [0.5, 0.6) is 17.2 Å². The maximum atomic E-state index is 12.2. The Morgan fingerprint density at radius 1 is 1.04 bits per heavy atom. The lowest BCUT2D eigenvalue weighted by Crippen LogP contribution is -2.25. The molecule has 1 aliphatic heterocycles. The van der Waals surface area contributed by atoms with Crippen LogP contribution in [0.3, 0.4) is 0 Å². The van der Waals surface area contributed by atoms with E-state index in [9.17, 15) is 4.79 Å². The molecule has 0 bridgehead atoms. The largest absolute Gasteiger partial charge is 0.492 e. The predicted molar refractivity (Wildman–Crippen MR) is 109 cm³/mol. The van der Waals surface area contributed by atoms with Crippen LogP contribution in [0.15, 0.2) is 63.9 Å². The quantitative estimate of drug-likeness (QED) is 0.599. The minimum Gasteiger partial charge on any atom is -0.492 e. The van der Waals surface area contributed by atoms with Gasteiger partial charge in [-0.2, -0.15) is 5.10 Å². The topological polar surface area (TPSA) is 62.6 Å². The minimum atomic E-state index is -0.170. The molecule has 6 nitrogen and oxygen atoms in total. The van der Waals surface area contributed by atoms with Crippen LogP contribution >= 0.6 is 15.9 Å². The molecule has 1 aliphatic rings. The Bertz CT molecular complexity index is 1030. The average Bonchev–Trinajstić information content (AvgIpc) is 2.94. The number of ether oxygens (including phenoxy) is 3. The highest BCUT2D eigenvalue weighted by atomic mass is 79.9. The van der Waals surface area contributed by atoms with Gasteiger partial charge in [0.2, 0.25) is 0 Å². The van der Waals surface area contributed by atoms with Crippen molar-refractivity contribution in [2.75, 3.05) is 19.8 Å². The third kappa shape index (κ3) is 4.36. The highest BCUT2D eigenvalue weighted by molar-refractivity contribution is 9.10. The minimum absolute atomic E-state index is 0.170. The molecule has 1 aromatic heterocycles. The Kier molecular flexibility index (Phi) is 5.62. The molecule has 4 rings (SSSR count). The van der Waals surface area contributed by atoms with Gasteiger partial charge in [-0.3, -0.25) is 4.79 Å². The van der Waals surface area contributed by atoms with Crippen LogP contribution in [0, 0.1) is 0 Å². The molecule has 0 spiro atoms. The van der Waals surface area contributed by atoms with Crippen molar-refractivity contribution in [1.82, 2.24) is 9.78 Å². The molecule has 0 saturated heterocycles. The van der Waals surface area contributed by atoms with Crippen LogP contribution in [-0.2, 0) is 6.54 Å². The van der Waals surface area contributed by atoms with E-state index in [0.29, 0.717) is 37.8 Å². The lowest BCUT2D eigenvalue weighted by molar-refractivity contribution is 0.288. The first-order chi connectivity index (χ1) is 13.7. The van der Waals surface area contributed by atoms with E-state index in [1.807, 2.05) is 42.5 Å². The summed E-state index contributed by atoms with van der Waals surface area (Å²) < 4.78 is 19.5. The van der Waals surface area contributed by atoms with Gasteiger partial charge in [0.05, 0.1) is 25.5 Å². The second-order valence-electron chi connectivity index (χ2n) is 6.30. The van der Waals surface area contributed by atoms with Gasteiger partial charge in [-0.25, -0.2) is 4.68 Å². The fourth-order valence-corrected chi connectivity index (χ4v) is 3.27. The van der Waals surface area contributed by atoms with Gasteiger partial charge in [0.1, 0.15) is 12.4 Å². The number of fused-ring (bicyclic) bond motifs is 1. The molecule has 2 aromatic carbocycles. The van der Waals surface area contributed by atoms with E-state index >= 15 is 0 Å². The molecule has 3 aromatic rings. The third-order valence-corrected chi connectivity index (χ3v) is 4.77. The van der Waals surface area contributed by atoms with Gasteiger partial charge >= 0.3 is 0 Å². The van der Waals surface area contributed by atoms with E-state index in [1.165, 1.54) is 10.7 Å². The lowest BCUT2D eigenvalue weighted by Gasteiger charge is -2.11. The maximum absolute atomic E-state index is 12.2. The first kappa shape index (κ1) is 18.6. The van der Waals surface area contributed by atoms with Crippen molar-refractivity contribution >= 4 is 15.9 Å². The van der Waals surface area contributed by atoms with Crippen LogP contribution in [0.25, 0.3) is 11.3 Å². The van der Waals surface area contributed by atoms with E-state index in [4.69, 9.17) is 14.2 Å². The Morgan fingerprint density at radius 2 is 1.89 bits per heavy atom. The summed E-state index contributed by atoms with van der Waals surface area (Å²) in [5.41, 5.74) is 1.39. The molecule has 28 heavy (non-hydrogen) atoms. The fourth-order valence-electron chi connectivity index (χ4n) is 2.89. The zero-order chi connectivity index (χ0) is 19.3. The number of hydrogen-bond acceptors (Lipinski definition) is 5. The van der Waals surface area contributed by atoms with Gasteiger partial charge in [0, 0.05) is 22.5 Å². The van der Waals surface area contributed by atoms with Crippen LogP contribution in [0.4, 0.5) is 0 Å². The fraction of sp³-hybridized carbons (Fsp3) is 0.238. The molecule has 0 amide bonds. The van der Waals surface area contributed by atoms with Crippen molar-refractivity contribution in [2.24, 2.45) is 0 Å². The van der Waals surface area contributed by atoms with Gasteiger partial charge in [-0.1, -0.05) is 22.0 Å². The molecule has 2 heterocycles. The average molecular weight is 443 g/mol. The van der Waals surface area contributed by atoms with Gasteiger partial charge in [0.25, 0.3) is 5.56 Å². The standard InChI is InChI=1S/C21H19BrN2O4/c22-16-3-1-4-17(14-16)26-12-9-24-21(25)8-6-18(23-24)15-5-7-19-20(13-15)28-11-2-10-27-19/h1,3-8,13-14H,2,9-12H2. The smallest absolute Gasteiger partial charge is 0.266 e. The number of aromatic nitrogens is 2. The van der Waals surface area contributed by atoms with Gasteiger partial charge in [-0.15, -0.1) is 0 Å². The van der Waals surface area contributed by atoms with E-state index in [1.54, 1.807) is 6.07 Å². The molecule has 0 N–H and O–H groups in total. The number of benzene rings is 2. The summed E-state index contributed by atoms with van der Waals surface area (Å²) in [4.78, 5) is 12.2. The Hall–Kier alpha value is -2.80. The normalized spacial score (nSPS) is 13.0. The highest BCUT2D eigenvalue weighted by Gasteiger charge is 2.12. The Morgan fingerprint density at radius 3 is 2.75 bits per heavy atom. The van der Waals surface area contributed by atoms with Crippen molar-refractivity contribution in [3.05, 3.63) is 69.4 Å². The summed E-state index contributed by atoms with van der Waals surface area (Å²) >= 11 is 3.41. The number of hydrogen-bond donors (Lipinski definition) is 0. The summed E-state index contributed by atoms with van der Waals surface area (Å²) in [6, 6.07) is 16.5. The van der Waals surface area contributed by atoms with Crippen molar-refractivity contribution in [2.45, 2.75) is 13.0 Å². The van der Waals surface area contributed by atoms with Gasteiger partial charge in [-0.05, 0) is 42.5 Å². The Labute approximate surface area is 170 Å². The van der Waals surface area contributed by atoms with Crippen LogP contribution in [-0.4, -0.2) is 29.6 Å². The van der Waals surface area contributed by atoms with Gasteiger partial charge < -0.3 is 14.2 Å². The van der Waals surface area contributed by atoms with Gasteiger partial charge in [0.15, 0.2) is 11.5 Å². The van der Waals surface area contributed by atoms with Crippen LogP contribution in [0.2, 0.25) is 0 Å². The molecule has 0 radical (unpaired) electrons. The van der Waals surface area contributed by atoms with E-state index in [-0.39, 0.29) is 5.56 Å². The van der Waals surface area contributed by atoms with Crippen molar-refractivity contribution in [3.63, 3.8) is 0 Å². The molecular weight excluding hydrogens is 424 g/mol. The molecule has 0 aliphatic carbocycles. The van der Waals surface area contributed by atoms with Crippen LogP contribution in [0.1, 0.15) is 6.42 Å². The second-order valence-corrected chi connectivity index (χ2v) is 7.21. The summed E-state index contributed by atoms with van der Waals surface area (Å²) in [6.45, 7) is 1.96. The highest BCUT2D eigenvalue weighted by Crippen LogP contribution is 2.33. The Balaban J connectivity index is 1.51. The monoisotopic (exact) mass is 442 g/mol.